The molecule has 0 saturated carbocycles. The van der Waals surface area contributed by atoms with Gasteiger partial charge in [-0.05, 0) is 82.0 Å². The number of aryl methyl sites for hydroxylation is 1. The van der Waals surface area contributed by atoms with Gasteiger partial charge in [0, 0.05) is 13.1 Å². The summed E-state index contributed by atoms with van der Waals surface area (Å²) in [6.45, 7) is 12.9. The highest BCUT2D eigenvalue weighted by molar-refractivity contribution is 7.92. The number of nitrogens with zero attached hydrogens (tertiary/aromatic N) is 3. The van der Waals surface area contributed by atoms with Crippen molar-refractivity contribution in [2.45, 2.75) is 63.3 Å². The fraction of sp³-hybridized carbons (Fsp3) is 0.419. The summed E-state index contributed by atoms with van der Waals surface area (Å²) in [7, 11) is -3.53. The van der Waals surface area contributed by atoms with Crippen molar-refractivity contribution < 1.29 is 17.9 Å². The van der Waals surface area contributed by atoms with E-state index in [1.54, 1.807) is 38.1 Å². The minimum Gasteiger partial charge on any atom is -0.489 e. The van der Waals surface area contributed by atoms with E-state index in [9.17, 15) is 8.42 Å². The molecule has 2 aromatic carbocycles. The second kappa shape index (κ2) is 12.6. The number of aromatic nitrogens is 2. The Balaban J connectivity index is 1.42. The molecule has 11 heteroatoms. The Morgan fingerprint density at radius 2 is 1.86 bits per heavy atom. The summed E-state index contributed by atoms with van der Waals surface area (Å²) in [4.78, 5) is 11.6. The highest BCUT2D eigenvalue weighted by Gasteiger charge is 2.28. The van der Waals surface area contributed by atoms with E-state index in [-0.39, 0.29) is 21.8 Å². The van der Waals surface area contributed by atoms with Gasteiger partial charge in [0.1, 0.15) is 10.8 Å². The quantitative estimate of drug-likeness (QED) is 0.270. The van der Waals surface area contributed by atoms with Gasteiger partial charge >= 0.3 is 0 Å². The summed E-state index contributed by atoms with van der Waals surface area (Å²) in [6, 6.07) is 11.4. The van der Waals surface area contributed by atoms with Crippen LogP contribution < -0.4 is 15.4 Å². The van der Waals surface area contributed by atoms with Crippen LogP contribution in [0, 0.1) is 6.92 Å². The summed E-state index contributed by atoms with van der Waals surface area (Å²) in [5, 5.41) is 6.08. The zero-order chi connectivity index (χ0) is 30.0. The number of anilines is 4. The molecule has 3 aromatic rings. The Hall–Kier alpha value is -3.18. The molecule has 1 saturated heterocycles. The van der Waals surface area contributed by atoms with Crippen LogP contribution in [0.5, 0.6) is 5.75 Å². The zero-order valence-corrected chi connectivity index (χ0v) is 26.2. The lowest BCUT2D eigenvalue weighted by atomic mass is 9.94. The van der Waals surface area contributed by atoms with E-state index in [4.69, 9.17) is 21.1 Å². The minimum absolute atomic E-state index is 0.0432. The molecule has 5 rings (SSSR count). The van der Waals surface area contributed by atoms with Crippen LogP contribution in [0.1, 0.15) is 45.2 Å². The SMILES string of the molecule is Cc1cc(Nc2ncc(Cl)c(Nc3ccccc3S(=O)(=O)C(C)C)n2)c(OC(C)C)cc1C1=CCN(C2COC2)CC1. The molecule has 0 unspecified atom stereocenters. The lowest BCUT2D eigenvalue weighted by Gasteiger charge is -2.39. The first-order valence-electron chi connectivity index (χ1n) is 14.2. The van der Waals surface area contributed by atoms with E-state index >= 15 is 0 Å². The Bertz CT molecular complexity index is 1590. The van der Waals surface area contributed by atoms with Gasteiger partial charge in [-0.15, -0.1) is 0 Å². The van der Waals surface area contributed by atoms with Crippen LogP contribution in [0.2, 0.25) is 5.02 Å². The van der Waals surface area contributed by atoms with E-state index in [2.05, 4.69) is 50.6 Å². The van der Waals surface area contributed by atoms with Crippen molar-refractivity contribution in [3.8, 4) is 5.75 Å². The van der Waals surface area contributed by atoms with Crippen LogP contribution in [0.4, 0.5) is 23.1 Å². The molecular formula is C31H38ClN5O4S. The first-order valence-corrected chi connectivity index (χ1v) is 16.2. The second-order valence-electron chi connectivity index (χ2n) is 11.2. The van der Waals surface area contributed by atoms with Gasteiger partial charge in [0.15, 0.2) is 15.7 Å². The second-order valence-corrected chi connectivity index (χ2v) is 14.1. The van der Waals surface area contributed by atoms with Gasteiger partial charge in [0.25, 0.3) is 0 Å². The van der Waals surface area contributed by atoms with Crippen molar-refractivity contribution in [1.82, 2.24) is 14.9 Å². The number of halogens is 1. The van der Waals surface area contributed by atoms with E-state index in [1.165, 1.54) is 17.3 Å². The fourth-order valence-electron chi connectivity index (χ4n) is 5.01. The van der Waals surface area contributed by atoms with Crippen molar-refractivity contribution in [1.29, 1.82) is 0 Å². The molecule has 0 aliphatic carbocycles. The van der Waals surface area contributed by atoms with Crippen LogP contribution in [0.15, 0.2) is 53.6 Å². The summed E-state index contributed by atoms with van der Waals surface area (Å²) >= 11 is 6.45. The van der Waals surface area contributed by atoms with E-state index < -0.39 is 15.1 Å². The minimum atomic E-state index is -3.53. The van der Waals surface area contributed by atoms with Crippen molar-refractivity contribution in [3.05, 3.63) is 64.8 Å². The molecule has 2 N–H and O–H groups in total. The van der Waals surface area contributed by atoms with E-state index in [0.717, 1.165) is 44.0 Å². The van der Waals surface area contributed by atoms with Crippen LogP contribution in [0.3, 0.4) is 0 Å². The summed E-state index contributed by atoms with van der Waals surface area (Å²) in [5.41, 5.74) is 4.72. The van der Waals surface area contributed by atoms with Crippen molar-refractivity contribution in [2.24, 2.45) is 0 Å². The van der Waals surface area contributed by atoms with Gasteiger partial charge in [-0.25, -0.2) is 13.4 Å². The molecule has 2 aliphatic heterocycles. The Morgan fingerprint density at radius 3 is 2.50 bits per heavy atom. The fourth-order valence-corrected chi connectivity index (χ4v) is 6.35. The zero-order valence-electron chi connectivity index (χ0n) is 24.6. The number of rotatable bonds is 10. The van der Waals surface area contributed by atoms with Gasteiger partial charge in [-0.1, -0.05) is 29.8 Å². The van der Waals surface area contributed by atoms with Crippen LogP contribution in [-0.2, 0) is 14.6 Å². The van der Waals surface area contributed by atoms with E-state index in [1.807, 2.05) is 13.8 Å². The summed E-state index contributed by atoms with van der Waals surface area (Å²) in [5.74, 6) is 1.28. The molecule has 224 valence electrons. The number of benzene rings is 2. The van der Waals surface area contributed by atoms with Crippen LogP contribution >= 0.6 is 11.6 Å². The largest absolute Gasteiger partial charge is 0.489 e. The lowest BCUT2D eigenvalue weighted by molar-refractivity contribution is -0.0612. The molecule has 0 amide bonds. The number of ether oxygens (including phenoxy) is 2. The van der Waals surface area contributed by atoms with Gasteiger partial charge in [0.05, 0.1) is 53.1 Å². The van der Waals surface area contributed by atoms with Crippen molar-refractivity contribution in [2.75, 3.05) is 36.9 Å². The third kappa shape index (κ3) is 6.57. The first kappa shape index (κ1) is 30.3. The molecule has 2 aliphatic rings. The Morgan fingerprint density at radius 1 is 1.10 bits per heavy atom. The molecule has 1 aromatic heterocycles. The molecule has 42 heavy (non-hydrogen) atoms. The summed E-state index contributed by atoms with van der Waals surface area (Å²) in [6.07, 6.45) is 4.72. The maximum atomic E-state index is 13.0. The number of para-hydroxylation sites is 1. The highest BCUT2D eigenvalue weighted by Crippen LogP contribution is 2.37. The molecule has 0 bridgehead atoms. The average molecular weight is 612 g/mol. The normalized spacial score (nSPS) is 16.3. The first-order chi connectivity index (χ1) is 20.0. The Kier molecular flexibility index (Phi) is 9.08. The molecule has 0 radical (unpaired) electrons. The third-order valence-corrected chi connectivity index (χ3v) is 9.96. The smallest absolute Gasteiger partial charge is 0.229 e. The number of sulfone groups is 1. The molecule has 0 spiro atoms. The number of hydrogen-bond acceptors (Lipinski definition) is 9. The van der Waals surface area contributed by atoms with Gasteiger partial charge < -0.3 is 20.1 Å². The Labute approximate surface area is 253 Å². The molecule has 0 atom stereocenters. The third-order valence-electron chi connectivity index (χ3n) is 7.47. The van der Waals surface area contributed by atoms with Crippen LogP contribution in [0.25, 0.3) is 5.57 Å². The molecule has 1 fully saturated rings. The predicted octanol–water partition coefficient (Wildman–Crippen LogP) is 6.38. The molecular weight excluding hydrogens is 574 g/mol. The summed E-state index contributed by atoms with van der Waals surface area (Å²) < 4.78 is 37.5. The number of hydrogen-bond donors (Lipinski definition) is 2. The van der Waals surface area contributed by atoms with Crippen molar-refractivity contribution >= 4 is 50.2 Å². The topological polar surface area (TPSA) is 106 Å². The monoisotopic (exact) mass is 611 g/mol. The van der Waals surface area contributed by atoms with Gasteiger partial charge in [0.2, 0.25) is 5.95 Å². The molecule has 3 heterocycles. The lowest BCUT2D eigenvalue weighted by Crippen LogP contribution is -2.50. The predicted molar refractivity (Wildman–Crippen MR) is 168 cm³/mol. The molecule has 9 nitrogen and oxygen atoms in total. The maximum absolute atomic E-state index is 13.0. The van der Waals surface area contributed by atoms with Crippen molar-refractivity contribution in [3.63, 3.8) is 0 Å². The average Bonchev–Trinajstić information content (AvgIpc) is 2.91. The standard InChI is InChI=1S/C31H38ClN5O4S/c1-19(2)41-28-15-24(22-10-12-37(13-11-22)23-17-40-18-23)21(5)14-27(28)35-31-33-16-25(32)30(36-31)34-26-8-6-7-9-29(26)42(38,39)20(3)4/h6-10,14-16,19-20,23H,11-13,17-18H2,1-5H3,(H2,33,34,35,36). The van der Waals surface area contributed by atoms with Gasteiger partial charge in [-0.3, -0.25) is 4.90 Å². The van der Waals surface area contributed by atoms with Gasteiger partial charge in [-0.2, -0.15) is 4.98 Å². The van der Waals surface area contributed by atoms with E-state index in [0.29, 0.717) is 23.4 Å². The highest BCUT2D eigenvalue weighted by atomic mass is 35.5. The number of nitrogens with one attached hydrogen (secondary N) is 2. The van der Waals surface area contributed by atoms with Crippen LogP contribution in [-0.4, -0.2) is 67.0 Å². The maximum Gasteiger partial charge on any atom is 0.229 e.